The van der Waals surface area contributed by atoms with Gasteiger partial charge in [0, 0.05) is 5.56 Å². The van der Waals surface area contributed by atoms with Crippen LogP contribution in [-0.2, 0) is 17.9 Å². The minimum atomic E-state index is -0.293. The van der Waals surface area contributed by atoms with E-state index in [9.17, 15) is 9.18 Å². The number of nitrogens with zero attached hydrogens (tertiary/aromatic N) is 4. The quantitative estimate of drug-likeness (QED) is 0.774. The summed E-state index contributed by atoms with van der Waals surface area (Å²) in [5.41, 5.74) is 1.14. The van der Waals surface area contributed by atoms with Gasteiger partial charge in [-0.15, -0.1) is 10.2 Å². The summed E-state index contributed by atoms with van der Waals surface area (Å²) in [6.07, 6.45) is 1.54. The third-order valence-corrected chi connectivity index (χ3v) is 3.19. The second-order valence-electron chi connectivity index (χ2n) is 4.96. The Balaban J connectivity index is 1.62. The Kier molecular flexibility index (Phi) is 4.13. The molecule has 8 heteroatoms. The maximum atomic E-state index is 13.3. The number of nitrogens with one attached hydrogen (secondary N) is 1. The van der Waals surface area contributed by atoms with Crippen LogP contribution in [0.1, 0.15) is 11.3 Å². The van der Waals surface area contributed by atoms with Crippen molar-refractivity contribution in [3.05, 3.63) is 53.7 Å². The molecule has 3 rings (SSSR count). The van der Waals surface area contributed by atoms with Gasteiger partial charge >= 0.3 is 0 Å². The molecule has 0 aliphatic rings. The minimum Gasteiger partial charge on any atom is -0.467 e. The number of furan rings is 1. The molecule has 3 aromatic rings. The van der Waals surface area contributed by atoms with Crippen LogP contribution in [0.3, 0.4) is 0 Å². The number of halogens is 1. The fourth-order valence-corrected chi connectivity index (χ4v) is 1.99. The first-order valence-corrected chi connectivity index (χ1v) is 6.95. The van der Waals surface area contributed by atoms with E-state index in [4.69, 9.17) is 4.42 Å². The normalized spacial score (nSPS) is 10.7. The van der Waals surface area contributed by atoms with Crippen molar-refractivity contribution in [2.75, 3.05) is 0 Å². The fourth-order valence-electron chi connectivity index (χ4n) is 1.99. The number of hydrogen-bond donors (Lipinski definition) is 1. The summed E-state index contributed by atoms with van der Waals surface area (Å²) in [5, 5.41) is 14.5. The van der Waals surface area contributed by atoms with Gasteiger partial charge in [-0.05, 0) is 48.0 Å². The van der Waals surface area contributed by atoms with E-state index in [1.807, 2.05) is 0 Å². The van der Waals surface area contributed by atoms with E-state index in [1.165, 1.54) is 17.1 Å². The minimum absolute atomic E-state index is 0.0616. The summed E-state index contributed by atoms with van der Waals surface area (Å²) in [4.78, 5) is 13.0. The molecular weight excluding hydrogens is 301 g/mol. The molecule has 7 nitrogen and oxygen atoms in total. The molecule has 1 N–H and O–H groups in total. The second kappa shape index (κ2) is 6.39. The van der Waals surface area contributed by atoms with Gasteiger partial charge in [-0.2, -0.15) is 4.80 Å². The van der Waals surface area contributed by atoms with Gasteiger partial charge in [-0.25, -0.2) is 4.39 Å². The van der Waals surface area contributed by atoms with Crippen molar-refractivity contribution in [1.82, 2.24) is 25.5 Å². The highest BCUT2D eigenvalue weighted by Crippen LogP contribution is 2.17. The van der Waals surface area contributed by atoms with Crippen LogP contribution in [0.25, 0.3) is 11.4 Å². The van der Waals surface area contributed by atoms with Crippen LogP contribution < -0.4 is 5.32 Å². The van der Waals surface area contributed by atoms with Crippen molar-refractivity contribution in [3.63, 3.8) is 0 Å². The summed E-state index contributed by atoms with van der Waals surface area (Å²) in [7, 11) is 0. The molecule has 23 heavy (non-hydrogen) atoms. The van der Waals surface area contributed by atoms with Crippen molar-refractivity contribution < 1.29 is 13.6 Å². The third-order valence-electron chi connectivity index (χ3n) is 3.19. The van der Waals surface area contributed by atoms with Gasteiger partial charge in [0.25, 0.3) is 0 Å². The number of aryl methyl sites for hydroxylation is 1. The van der Waals surface area contributed by atoms with Gasteiger partial charge in [0.1, 0.15) is 18.1 Å². The van der Waals surface area contributed by atoms with Crippen LogP contribution in [0.15, 0.2) is 41.0 Å². The predicted molar refractivity (Wildman–Crippen MR) is 78.5 cm³/mol. The number of benzene rings is 1. The molecule has 0 unspecified atom stereocenters. The second-order valence-corrected chi connectivity index (χ2v) is 4.96. The highest BCUT2D eigenvalue weighted by molar-refractivity contribution is 5.75. The van der Waals surface area contributed by atoms with E-state index in [0.29, 0.717) is 29.3 Å². The lowest BCUT2D eigenvalue weighted by atomic mass is 10.1. The fraction of sp³-hybridized carbons (Fsp3) is 0.200. The predicted octanol–water partition coefficient (Wildman–Crippen LogP) is 1.70. The first-order valence-electron chi connectivity index (χ1n) is 6.95. The van der Waals surface area contributed by atoms with Crippen LogP contribution in [-0.4, -0.2) is 26.1 Å². The van der Waals surface area contributed by atoms with E-state index < -0.39 is 0 Å². The van der Waals surface area contributed by atoms with Gasteiger partial charge < -0.3 is 9.73 Å². The smallest absolute Gasteiger partial charge is 0.244 e. The van der Waals surface area contributed by atoms with Crippen LogP contribution in [0.2, 0.25) is 0 Å². The highest BCUT2D eigenvalue weighted by atomic mass is 19.1. The summed E-state index contributed by atoms with van der Waals surface area (Å²) in [6, 6.07) is 8.07. The van der Waals surface area contributed by atoms with Gasteiger partial charge in [0.2, 0.25) is 11.7 Å². The molecule has 0 radical (unpaired) electrons. The summed E-state index contributed by atoms with van der Waals surface area (Å²) < 4.78 is 18.4. The first-order chi connectivity index (χ1) is 11.1. The van der Waals surface area contributed by atoms with Crippen LogP contribution >= 0.6 is 0 Å². The summed E-state index contributed by atoms with van der Waals surface area (Å²) in [6.45, 7) is 1.89. The van der Waals surface area contributed by atoms with E-state index in [-0.39, 0.29) is 18.3 Å². The van der Waals surface area contributed by atoms with E-state index >= 15 is 0 Å². The number of amides is 1. The molecule has 118 valence electrons. The molecule has 0 atom stereocenters. The zero-order chi connectivity index (χ0) is 16.2. The van der Waals surface area contributed by atoms with Crippen LogP contribution in [0.5, 0.6) is 0 Å². The molecule has 2 heterocycles. The molecule has 1 amide bonds. The van der Waals surface area contributed by atoms with Gasteiger partial charge in [-0.1, -0.05) is 0 Å². The van der Waals surface area contributed by atoms with Crippen LogP contribution in [0.4, 0.5) is 4.39 Å². The average Bonchev–Trinajstić information content (AvgIpc) is 3.19. The number of aromatic nitrogens is 4. The average molecular weight is 315 g/mol. The number of hydrogen-bond acceptors (Lipinski definition) is 5. The Bertz CT molecular complexity index is 813. The zero-order valence-electron chi connectivity index (χ0n) is 12.4. The Hall–Kier alpha value is -3.03. The van der Waals surface area contributed by atoms with Gasteiger partial charge in [0.05, 0.1) is 12.8 Å². The van der Waals surface area contributed by atoms with Crippen molar-refractivity contribution in [2.45, 2.75) is 20.0 Å². The van der Waals surface area contributed by atoms with Crippen molar-refractivity contribution in [2.24, 2.45) is 0 Å². The molecule has 0 bridgehead atoms. The highest BCUT2D eigenvalue weighted by Gasteiger charge is 2.10. The Morgan fingerprint density at radius 2 is 2.26 bits per heavy atom. The lowest BCUT2D eigenvalue weighted by molar-refractivity contribution is -0.122. The first kappa shape index (κ1) is 14.9. The molecule has 2 aromatic heterocycles. The maximum absolute atomic E-state index is 13.3. The maximum Gasteiger partial charge on any atom is 0.244 e. The topological polar surface area (TPSA) is 85.8 Å². The molecule has 0 spiro atoms. The Morgan fingerprint density at radius 3 is 3.00 bits per heavy atom. The van der Waals surface area contributed by atoms with Crippen molar-refractivity contribution >= 4 is 5.91 Å². The van der Waals surface area contributed by atoms with Crippen LogP contribution in [0, 0.1) is 12.7 Å². The molecule has 1 aromatic carbocycles. The lowest BCUT2D eigenvalue weighted by Gasteiger charge is -2.02. The van der Waals surface area contributed by atoms with E-state index in [2.05, 4.69) is 20.7 Å². The van der Waals surface area contributed by atoms with Gasteiger partial charge in [-0.3, -0.25) is 4.79 Å². The lowest BCUT2D eigenvalue weighted by Crippen LogP contribution is -2.27. The molecule has 0 saturated carbocycles. The summed E-state index contributed by atoms with van der Waals surface area (Å²) in [5.74, 6) is 0.443. The summed E-state index contributed by atoms with van der Waals surface area (Å²) >= 11 is 0. The number of tetrazole rings is 1. The van der Waals surface area contributed by atoms with Crippen molar-refractivity contribution in [3.8, 4) is 11.4 Å². The van der Waals surface area contributed by atoms with Gasteiger partial charge in [0.15, 0.2) is 0 Å². The molecular formula is C15H14FN5O2. The number of carbonyl (C=O) groups is 1. The Morgan fingerprint density at radius 1 is 1.39 bits per heavy atom. The van der Waals surface area contributed by atoms with E-state index in [0.717, 1.165) is 0 Å². The zero-order valence-corrected chi connectivity index (χ0v) is 12.4. The molecule has 0 aliphatic heterocycles. The van der Waals surface area contributed by atoms with Crippen molar-refractivity contribution in [1.29, 1.82) is 0 Å². The number of carbonyl (C=O) groups excluding carboxylic acids is 1. The third kappa shape index (κ3) is 3.60. The SMILES string of the molecule is Cc1cc(-c2nnn(CC(=O)NCc3ccco3)n2)ccc1F. The standard InChI is InChI=1S/C15H14FN5O2/c1-10-7-11(4-5-13(10)16)15-18-20-21(19-15)9-14(22)17-8-12-3-2-6-23-12/h2-7H,8-9H2,1H3,(H,17,22). The monoisotopic (exact) mass is 315 g/mol. The molecule has 0 fully saturated rings. The molecule has 0 aliphatic carbocycles. The van der Waals surface area contributed by atoms with E-state index in [1.54, 1.807) is 31.2 Å². The molecule has 0 saturated heterocycles. The Labute approximate surface area is 131 Å². The number of rotatable bonds is 5. The largest absolute Gasteiger partial charge is 0.467 e.